The van der Waals surface area contributed by atoms with Crippen molar-refractivity contribution in [2.75, 3.05) is 26.4 Å². The Morgan fingerprint density at radius 2 is 0.821 bits per heavy atom. The van der Waals surface area contributed by atoms with Crippen LogP contribution in [-0.2, 0) is 33.2 Å². The minimum atomic E-state index is -1.97. The highest BCUT2D eigenvalue weighted by atomic mass is 16.8. The van der Waals surface area contributed by atoms with Gasteiger partial charge in [0.15, 0.2) is 18.9 Å². The number of unbranched alkanes of at least 4 members (excludes halogenated alkanes) is 25. The fourth-order valence-electron chi connectivity index (χ4n) is 11.1. The molecule has 12 N–H and O–H groups in total. The Kier molecular flexibility index (Phi) is 43.2. The Labute approximate surface area is 503 Å². The van der Waals surface area contributed by atoms with Gasteiger partial charge in [0, 0.05) is 6.42 Å². The summed E-state index contributed by atoms with van der Waals surface area (Å²) in [5.41, 5.74) is 0. The average molecular weight is 1200 g/mol. The number of allylic oxidation sites excluding steroid dienone is 8. The maximum Gasteiger partial charge on any atom is 0.220 e. The zero-order valence-corrected chi connectivity index (χ0v) is 51.4. The first-order chi connectivity index (χ1) is 40.8. The second-order valence-electron chi connectivity index (χ2n) is 23.6. The van der Waals surface area contributed by atoms with Gasteiger partial charge in [-0.1, -0.05) is 217 Å². The lowest BCUT2D eigenvalue weighted by molar-refractivity contribution is -0.379. The van der Waals surface area contributed by atoms with Gasteiger partial charge in [-0.15, -0.1) is 0 Å². The van der Waals surface area contributed by atoms with Crippen LogP contribution in [0.2, 0.25) is 0 Å². The molecule has 3 rings (SSSR count). The molecule has 490 valence electrons. The van der Waals surface area contributed by atoms with Gasteiger partial charge in [-0.3, -0.25) is 4.79 Å². The van der Waals surface area contributed by atoms with E-state index in [1.165, 1.54) is 109 Å². The third-order valence-electron chi connectivity index (χ3n) is 16.4. The quantitative estimate of drug-likeness (QED) is 0.0208. The molecular weight excluding hydrogens is 1080 g/mol. The SMILES string of the molecule is CC/C=C\C/C=C\C/C=C\C/C=C\CCCCCCCCCCCCCCCCCCCCCCC(=O)NC(COC1OC(CO)C(OC2OC(CO)C(OC3OC(CO)C(O)C(O)C3O)C(O)C2O)C(O)C1O)C(O)CCCCCCCC. The van der Waals surface area contributed by atoms with Crippen molar-refractivity contribution >= 4 is 5.91 Å². The summed E-state index contributed by atoms with van der Waals surface area (Å²) in [7, 11) is 0. The van der Waals surface area contributed by atoms with Gasteiger partial charge in [-0.2, -0.15) is 0 Å². The number of aliphatic hydroxyl groups is 11. The van der Waals surface area contributed by atoms with E-state index in [2.05, 4.69) is 67.8 Å². The van der Waals surface area contributed by atoms with Crippen molar-refractivity contribution in [1.82, 2.24) is 5.32 Å². The number of amides is 1. The number of hydrogen-bond donors (Lipinski definition) is 12. The molecule has 0 aromatic heterocycles. The fraction of sp³-hybridized carbons (Fsp3) is 0.862. The fourth-order valence-corrected chi connectivity index (χ4v) is 11.1. The second kappa shape index (κ2) is 47.7. The number of carbonyl (C=O) groups is 1. The predicted octanol–water partition coefficient (Wildman–Crippen LogP) is 7.43. The van der Waals surface area contributed by atoms with Gasteiger partial charge in [0.25, 0.3) is 0 Å². The number of carbonyl (C=O) groups excluding carboxylic acids is 1. The third kappa shape index (κ3) is 30.3. The van der Waals surface area contributed by atoms with Crippen molar-refractivity contribution in [3.63, 3.8) is 0 Å². The molecule has 0 saturated carbocycles. The lowest BCUT2D eigenvalue weighted by Crippen LogP contribution is -2.66. The molecule has 0 spiro atoms. The first kappa shape index (κ1) is 76.0. The molecule has 0 bridgehead atoms. The van der Waals surface area contributed by atoms with Crippen LogP contribution in [-0.4, -0.2) is 193 Å². The summed E-state index contributed by atoms with van der Waals surface area (Å²) in [6.45, 7) is 1.60. The highest BCUT2D eigenvalue weighted by Gasteiger charge is 2.53. The number of aliphatic hydroxyl groups excluding tert-OH is 11. The van der Waals surface area contributed by atoms with Crippen molar-refractivity contribution in [1.29, 1.82) is 0 Å². The third-order valence-corrected chi connectivity index (χ3v) is 16.4. The second-order valence-corrected chi connectivity index (χ2v) is 23.6. The molecule has 84 heavy (non-hydrogen) atoms. The van der Waals surface area contributed by atoms with Gasteiger partial charge >= 0.3 is 0 Å². The average Bonchev–Trinajstić information content (AvgIpc) is 2.27. The molecular formula is C65H117NO18. The highest BCUT2D eigenvalue weighted by Crippen LogP contribution is 2.33. The summed E-state index contributed by atoms with van der Waals surface area (Å²) in [6, 6.07) is -0.882. The maximum absolute atomic E-state index is 13.3. The van der Waals surface area contributed by atoms with Gasteiger partial charge in [0.1, 0.15) is 73.2 Å². The van der Waals surface area contributed by atoms with Crippen molar-refractivity contribution in [3.8, 4) is 0 Å². The van der Waals surface area contributed by atoms with E-state index in [4.69, 9.17) is 28.4 Å². The van der Waals surface area contributed by atoms with Crippen molar-refractivity contribution in [3.05, 3.63) is 48.6 Å². The zero-order chi connectivity index (χ0) is 61.2. The molecule has 3 fully saturated rings. The summed E-state index contributed by atoms with van der Waals surface area (Å²) in [5.74, 6) is -0.247. The number of ether oxygens (including phenoxy) is 6. The van der Waals surface area contributed by atoms with Crippen molar-refractivity contribution in [2.24, 2.45) is 0 Å². The van der Waals surface area contributed by atoms with Crippen LogP contribution in [0.5, 0.6) is 0 Å². The molecule has 3 saturated heterocycles. The van der Waals surface area contributed by atoms with Gasteiger partial charge in [0.05, 0.1) is 38.6 Å². The molecule has 0 aliphatic carbocycles. The Morgan fingerprint density at radius 3 is 1.29 bits per heavy atom. The molecule has 0 radical (unpaired) electrons. The van der Waals surface area contributed by atoms with Gasteiger partial charge in [-0.25, -0.2) is 0 Å². The lowest BCUT2D eigenvalue weighted by atomic mass is 9.96. The van der Waals surface area contributed by atoms with Crippen LogP contribution in [0.4, 0.5) is 0 Å². The molecule has 19 nitrogen and oxygen atoms in total. The molecule has 17 unspecified atom stereocenters. The van der Waals surface area contributed by atoms with E-state index in [9.17, 15) is 61.0 Å². The first-order valence-electron chi connectivity index (χ1n) is 32.9. The Bertz CT molecular complexity index is 1720. The van der Waals surface area contributed by atoms with Crippen molar-refractivity contribution in [2.45, 2.75) is 330 Å². The Hall–Kier alpha value is -2.25. The largest absolute Gasteiger partial charge is 0.394 e. The Morgan fingerprint density at radius 1 is 0.440 bits per heavy atom. The van der Waals surface area contributed by atoms with Crippen LogP contribution < -0.4 is 5.32 Å². The minimum absolute atomic E-state index is 0.247. The van der Waals surface area contributed by atoms with E-state index < -0.39 is 124 Å². The first-order valence-corrected chi connectivity index (χ1v) is 32.9. The molecule has 17 atom stereocenters. The van der Waals surface area contributed by atoms with Gasteiger partial charge in [-0.05, 0) is 51.4 Å². The van der Waals surface area contributed by atoms with Crippen LogP contribution >= 0.6 is 0 Å². The molecule has 1 amide bonds. The number of hydrogen-bond acceptors (Lipinski definition) is 18. The van der Waals surface area contributed by atoms with Crippen molar-refractivity contribution < 1.29 is 89.4 Å². The van der Waals surface area contributed by atoms with Crippen LogP contribution in [0, 0.1) is 0 Å². The van der Waals surface area contributed by atoms with E-state index in [1.54, 1.807) is 0 Å². The molecule has 3 aliphatic rings. The van der Waals surface area contributed by atoms with E-state index in [1.807, 2.05) is 0 Å². The lowest BCUT2D eigenvalue weighted by Gasteiger charge is -2.48. The minimum Gasteiger partial charge on any atom is -0.394 e. The monoisotopic (exact) mass is 1200 g/mol. The number of nitrogens with one attached hydrogen (secondary N) is 1. The van der Waals surface area contributed by atoms with E-state index >= 15 is 0 Å². The summed E-state index contributed by atoms with van der Waals surface area (Å²) in [6.07, 6.45) is 28.5. The number of rotatable bonds is 49. The molecule has 0 aromatic carbocycles. The van der Waals surface area contributed by atoms with Crippen LogP contribution in [0.25, 0.3) is 0 Å². The van der Waals surface area contributed by atoms with E-state index in [-0.39, 0.29) is 18.9 Å². The van der Waals surface area contributed by atoms with Crippen LogP contribution in [0.1, 0.15) is 226 Å². The standard InChI is InChI=1S/C65H117NO18/c1-3-5-7-9-11-12-13-14-15-16-17-18-19-20-21-22-23-24-25-26-27-28-29-30-31-32-33-34-35-36-37-39-41-43-53(71)66-48(49(70)42-40-38-10-8-6-4-2)47-79-63-59(77)56(74)61(51(45-68)81-63)84-65-60(78)57(75)62(52(46-69)82-65)83-64-58(76)55(73)54(72)50(44-67)80-64/h5,7,11-12,14-15,17-18,48-52,54-65,67-70,72-78H,3-4,6,8-10,13,16,19-47H2,1-2H3,(H,66,71)/b7-5-,12-11-,15-14-,18-17-. The smallest absolute Gasteiger partial charge is 0.220 e. The van der Waals surface area contributed by atoms with Gasteiger partial charge in [0.2, 0.25) is 5.91 Å². The zero-order valence-electron chi connectivity index (χ0n) is 51.4. The summed E-state index contributed by atoms with van der Waals surface area (Å²) in [5, 5.41) is 120. The molecule has 3 heterocycles. The van der Waals surface area contributed by atoms with Gasteiger partial charge < -0.3 is 89.9 Å². The summed E-state index contributed by atoms with van der Waals surface area (Å²) < 4.78 is 34.2. The summed E-state index contributed by atoms with van der Waals surface area (Å²) >= 11 is 0. The normalized spacial score (nSPS) is 29.5. The van der Waals surface area contributed by atoms with Crippen LogP contribution in [0.15, 0.2) is 48.6 Å². The summed E-state index contributed by atoms with van der Waals surface area (Å²) in [4.78, 5) is 13.3. The molecule has 3 aliphatic heterocycles. The molecule has 19 heteroatoms. The predicted molar refractivity (Wildman–Crippen MR) is 323 cm³/mol. The van der Waals surface area contributed by atoms with Crippen LogP contribution in [0.3, 0.4) is 0 Å². The van der Waals surface area contributed by atoms with E-state index in [0.717, 1.165) is 83.5 Å². The topological polar surface area (TPSA) is 307 Å². The highest BCUT2D eigenvalue weighted by molar-refractivity contribution is 5.76. The van der Waals surface area contributed by atoms with E-state index in [0.29, 0.717) is 12.8 Å². The maximum atomic E-state index is 13.3. The Balaban J connectivity index is 1.29. The molecule has 0 aromatic rings.